The van der Waals surface area contributed by atoms with Crippen LogP contribution in [0.5, 0.6) is 0 Å². The summed E-state index contributed by atoms with van der Waals surface area (Å²) in [5.74, 6) is 0. The lowest BCUT2D eigenvalue weighted by Gasteiger charge is -2.22. The fourth-order valence-corrected chi connectivity index (χ4v) is 2.39. The van der Waals surface area contributed by atoms with Crippen LogP contribution in [0.1, 0.15) is 26.3 Å². The predicted octanol–water partition coefficient (Wildman–Crippen LogP) is 3.52. The minimum absolute atomic E-state index is 0.0321. The molecular weight excluding hydrogens is 208 g/mol. The Balaban J connectivity index is 2.90. The average molecular weight is 223 g/mol. The molecule has 0 bridgehead atoms. The van der Waals surface area contributed by atoms with Gasteiger partial charge in [-0.15, -0.1) is 0 Å². The molecule has 1 aromatic heterocycles. The molecule has 1 aromatic carbocycles. The third-order valence-corrected chi connectivity index (χ3v) is 2.92. The van der Waals surface area contributed by atoms with Gasteiger partial charge in [-0.2, -0.15) is 5.10 Å². The summed E-state index contributed by atoms with van der Waals surface area (Å²) in [6.07, 6.45) is 1.88. The van der Waals surface area contributed by atoms with Gasteiger partial charge in [0.2, 0.25) is 0 Å². The van der Waals surface area contributed by atoms with Crippen molar-refractivity contribution in [1.82, 2.24) is 9.78 Å². The lowest BCUT2D eigenvalue weighted by molar-refractivity contribution is 0.590. The van der Waals surface area contributed by atoms with Crippen LogP contribution in [0.4, 0.5) is 0 Å². The van der Waals surface area contributed by atoms with E-state index in [0.717, 1.165) is 15.9 Å². The molecule has 0 spiro atoms. The van der Waals surface area contributed by atoms with Crippen molar-refractivity contribution in [2.45, 2.75) is 26.2 Å². The molecule has 0 aliphatic heterocycles. The van der Waals surface area contributed by atoms with Gasteiger partial charge in [0.15, 0.2) is 0 Å². The molecular formula is C12H15ClN2. The van der Waals surface area contributed by atoms with Crippen LogP contribution in [-0.4, -0.2) is 9.78 Å². The highest BCUT2D eigenvalue weighted by molar-refractivity contribution is 6.32. The largest absolute Gasteiger partial charge is 0.268 e. The summed E-state index contributed by atoms with van der Waals surface area (Å²) in [4.78, 5) is 0. The molecule has 0 saturated carbocycles. The normalized spacial score (nSPS) is 12.3. The standard InChI is InChI=1S/C12H15ClN2/c1-12(2,3)10-9(13)6-5-8-7-14-15(4)11(8)10/h5-7H,1-4H3. The quantitative estimate of drug-likeness (QED) is 0.667. The monoisotopic (exact) mass is 222 g/mol. The lowest BCUT2D eigenvalue weighted by atomic mass is 9.85. The van der Waals surface area contributed by atoms with E-state index in [0.29, 0.717) is 0 Å². The Morgan fingerprint density at radius 3 is 2.53 bits per heavy atom. The van der Waals surface area contributed by atoms with Crippen molar-refractivity contribution in [1.29, 1.82) is 0 Å². The molecule has 0 aliphatic rings. The SMILES string of the molecule is Cn1ncc2ccc(Cl)c(C(C)(C)C)c21. The van der Waals surface area contributed by atoms with Crippen molar-refractivity contribution in [3.05, 3.63) is 28.9 Å². The summed E-state index contributed by atoms with van der Waals surface area (Å²) in [6.45, 7) is 6.50. The van der Waals surface area contributed by atoms with Gasteiger partial charge in [-0.1, -0.05) is 32.4 Å². The van der Waals surface area contributed by atoms with E-state index in [1.807, 2.05) is 30.1 Å². The molecule has 80 valence electrons. The van der Waals surface area contributed by atoms with Crippen LogP contribution in [0.3, 0.4) is 0 Å². The second kappa shape index (κ2) is 3.24. The number of nitrogens with zero attached hydrogens (tertiary/aromatic N) is 2. The number of hydrogen-bond donors (Lipinski definition) is 0. The zero-order valence-electron chi connectivity index (χ0n) is 9.50. The Hall–Kier alpha value is -1.02. The van der Waals surface area contributed by atoms with Crippen LogP contribution in [0.15, 0.2) is 18.3 Å². The van der Waals surface area contributed by atoms with Crippen LogP contribution in [-0.2, 0) is 12.5 Å². The molecule has 0 amide bonds. The highest BCUT2D eigenvalue weighted by atomic mass is 35.5. The highest BCUT2D eigenvalue weighted by Gasteiger charge is 2.22. The number of fused-ring (bicyclic) bond motifs is 1. The molecule has 0 saturated heterocycles. The van der Waals surface area contributed by atoms with Crippen LogP contribution in [0, 0.1) is 0 Å². The topological polar surface area (TPSA) is 17.8 Å². The average Bonchev–Trinajstić information content (AvgIpc) is 2.46. The molecule has 0 N–H and O–H groups in total. The molecule has 1 heterocycles. The number of hydrogen-bond acceptors (Lipinski definition) is 1. The highest BCUT2D eigenvalue weighted by Crippen LogP contribution is 2.35. The smallest absolute Gasteiger partial charge is 0.0731 e. The molecule has 0 radical (unpaired) electrons. The summed E-state index contributed by atoms with van der Waals surface area (Å²) in [5, 5.41) is 6.23. The number of benzene rings is 1. The van der Waals surface area contributed by atoms with Gasteiger partial charge < -0.3 is 0 Å². The first kappa shape index (κ1) is 10.5. The zero-order valence-corrected chi connectivity index (χ0v) is 10.3. The van der Waals surface area contributed by atoms with E-state index >= 15 is 0 Å². The minimum Gasteiger partial charge on any atom is -0.268 e. The van der Waals surface area contributed by atoms with Gasteiger partial charge in [0, 0.05) is 23.0 Å². The van der Waals surface area contributed by atoms with E-state index in [4.69, 9.17) is 11.6 Å². The molecule has 0 aliphatic carbocycles. The first-order valence-electron chi connectivity index (χ1n) is 5.02. The van der Waals surface area contributed by atoms with Gasteiger partial charge in [-0.3, -0.25) is 4.68 Å². The van der Waals surface area contributed by atoms with E-state index in [9.17, 15) is 0 Å². The van der Waals surface area contributed by atoms with E-state index in [1.54, 1.807) is 0 Å². The number of aryl methyl sites for hydroxylation is 1. The fourth-order valence-electron chi connectivity index (χ4n) is 1.96. The second-order valence-electron chi connectivity index (χ2n) is 4.88. The van der Waals surface area contributed by atoms with Crippen LogP contribution >= 0.6 is 11.6 Å². The maximum atomic E-state index is 6.28. The Labute approximate surface area is 94.8 Å². The minimum atomic E-state index is 0.0321. The second-order valence-corrected chi connectivity index (χ2v) is 5.29. The Bertz CT molecular complexity index is 506. The molecule has 15 heavy (non-hydrogen) atoms. The third kappa shape index (κ3) is 1.63. The summed E-state index contributed by atoms with van der Waals surface area (Å²) in [6, 6.07) is 3.96. The summed E-state index contributed by atoms with van der Waals surface area (Å²) >= 11 is 6.28. The number of halogens is 1. The van der Waals surface area contributed by atoms with Crippen LogP contribution < -0.4 is 0 Å². The van der Waals surface area contributed by atoms with E-state index in [1.165, 1.54) is 5.56 Å². The summed E-state index contributed by atoms with van der Waals surface area (Å²) in [7, 11) is 1.95. The molecule has 2 aromatic rings. The maximum absolute atomic E-state index is 6.28. The third-order valence-electron chi connectivity index (χ3n) is 2.60. The molecule has 2 nitrogen and oxygen atoms in total. The van der Waals surface area contributed by atoms with Crippen LogP contribution in [0.2, 0.25) is 5.02 Å². The van der Waals surface area contributed by atoms with E-state index < -0.39 is 0 Å². The lowest BCUT2D eigenvalue weighted by Crippen LogP contribution is -2.14. The van der Waals surface area contributed by atoms with Crippen molar-refractivity contribution < 1.29 is 0 Å². The van der Waals surface area contributed by atoms with E-state index in [-0.39, 0.29) is 5.41 Å². The van der Waals surface area contributed by atoms with Gasteiger partial charge in [0.05, 0.1) is 11.7 Å². The van der Waals surface area contributed by atoms with Gasteiger partial charge in [0.1, 0.15) is 0 Å². The fraction of sp³-hybridized carbons (Fsp3) is 0.417. The molecule has 0 atom stereocenters. The Morgan fingerprint density at radius 2 is 1.93 bits per heavy atom. The van der Waals surface area contributed by atoms with Crippen molar-refractivity contribution in [2.75, 3.05) is 0 Å². The zero-order chi connectivity index (χ0) is 11.2. The van der Waals surface area contributed by atoms with Crippen molar-refractivity contribution >= 4 is 22.5 Å². The number of aromatic nitrogens is 2. The summed E-state index contributed by atoms with van der Waals surface area (Å²) < 4.78 is 1.89. The van der Waals surface area contributed by atoms with Gasteiger partial charge in [-0.25, -0.2) is 0 Å². The maximum Gasteiger partial charge on any atom is 0.0731 e. The first-order chi connectivity index (χ1) is 6.91. The van der Waals surface area contributed by atoms with Gasteiger partial charge >= 0.3 is 0 Å². The van der Waals surface area contributed by atoms with Crippen LogP contribution in [0.25, 0.3) is 10.9 Å². The Kier molecular flexibility index (Phi) is 2.27. The van der Waals surface area contributed by atoms with Crippen molar-refractivity contribution in [2.24, 2.45) is 7.05 Å². The predicted molar refractivity (Wildman–Crippen MR) is 64.4 cm³/mol. The summed E-state index contributed by atoms with van der Waals surface area (Å²) in [5.41, 5.74) is 2.33. The van der Waals surface area contributed by atoms with Gasteiger partial charge in [-0.05, 0) is 17.5 Å². The number of rotatable bonds is 0. The molecule has 2 rings (SSSR count). The van der Waals surface area contributed by atoms with Crippen molar-refractivity contribution in [3.8, 4) is 0 Å². The molecule has 0 fully saturated rings. The Morgan fingerprint density at radius 1 is 1.27 bits per heavy atom. The molecule has 0 unspecified atom stereocenters. The first-order valence-corrected chi connectivity index (χ1v) is 5.40. The van der Waals surface area contributed by atoms with Crippen molar-refractivity contribution in [3.63, 3.8) is 0 Å². The molecule has 3 heteroatoms. The van der Waals surface area contributed by atoms with E-state index in [2.05, 4.69) is 25.9 Å². The van der Waals surface area contributed by atoms with Gasteiger partial charge in [0.25, 0.3) is 0 Å².